The van der Waals surface area contributed by atoms with Crippen LogP contribution in [0.5, 0.6) is 0 Å². The van der Waals surface area contributed by atoms with Crippen molar-refractivity contribution in [3.8, 4) is 22.7 Å². The van der Waals surface area contributed by atoms with Gasteiger partial charge in [0.05, 0.1) is 11.0 Å². The Kier molecular flexibility index (Phi) is 6.21. The third-order valence-corrected chi connectivity index (χ3v) is 7.08. The molecule has 1 aliphatic rings. The summed E-state index contributed by atoms with van der Waals surface area (Å²) in [6, 6.07) is 19.1. The predicted octanol–water partition coefficient (Wildman–Crippen LogP) is 5.57. The standard InChI is InChI=1S/C28H22BrFN4O4/c1-15-26(35)34(13-12-16-2-11-21-22(14-16)32-28(36)31-21)27(37-15)24-23(17-5-9-20(30)10-6-17)33-25(38-24)18-3-7-19(29)8-4-18/h2-11,14-15,27H,12-13H2,1H3,(H2,31,32,36)/t15-,27+/m1/s1. The molecule has 5 aromatic rings. The van der Waals surface area contributed by atoms with E-state index in [1.165, 1.54) is 12.1 Å². The summed E-state index contributed by atoms with van der Waals surface area (Å²) in [5.74, 6) is 0.204. The molecule has 1 fully saturated rings. The smallest absolute Gasteiger partial charge is 0.323 e. The maximum atomic E-state index is 13.7. The molecule has 3 aromatic carbocycles. The molecule has 2 aromatic heterocycles. The molecule has 0 spiro atoms. The zero-order valence-corrected chi connectivity index (χ0v) is 21.8. The normalized spacial score (nSPS) is 17.6. The van der Waals surface area contributed by atoms with E-state index >= 15 is 0 Å². The Morgan fingerprint density at radius 2 is 1.68 bits per heavy atom. The van der Waals surface area contributed by atoms with Crippen LogP contribution >= 0.6 is 15.9 Å². The molecular weight excluding hydrogens is 555 g/mol. The molecule has 1 amide bonds. The van der Waals surface area contributed by atoms with Gasteiger partial charge in [-0.15, -0.1) is 0 Å². The number of carbonyl (C=O) groups is 1. The van der Waals surface area contributed by atoms with Gasteiger partial charge in [0, 0.05) is 22.1 Å². The minimum Gasteiger partial charge on any atom is -0.436 e. The van der Waals surface area contributed by atoms with E-state index < -0.39 is 12.3 Å². The molecule has 0 unspecified atom stereocenters. The molecule has 6 rings (SSSR count). The van der Waals surface area contributed by atoms with E-state index in [1.54, 1.807) is 24.0 Å². The number of ether oxygens (including phenoxy) is 1. The minimum absolute atomic E-state index is 0.169. The van der Waals surface area contributed by atoms with Crippen LogP contribution in [0.2, 0.25) is 0 Å². The Labute approximate surface area is 224 Å². The lowest BCUT2D eigenvalue weighted by atomic mass is 10.1. The first-order valence-electron chi connectivity index (χ1n) is 12.1. The third-order valence-electron chi connectivity index (χ3n) is 6.56. The third kappa shape index (κ3) is 4.57. The van der Waals surface area contributed by atoms with Crippen LogP contribution in [0.4, 0.5) is 4.39 Å². The van der Waals surface area contributed by atoms with Crippen molar-refractivity contribution in [2.75, 3.05) is 6.54 Å². The Bertz CT molecular complexity index is 1690. The van der Waals surface area contributed by atoms with Crippen LogP contribution < -0.4 is 5.69 Å². The van der Waals surface area contributed by atoms with Crippen molar-refractivity contribution in [1.29, 1.82) is 0 Å². The predicted molar refractivity (Wildman–Crippen MR) is 143 cm³/mol. The van der Waals surface area contributed by atoms with Crippen molar-refractivity contribution in [2.24, 2.45) is 0 Å². The topological polar surface area (TPSA) is 104 Å². The molecule has 3 heterocycles. The first-order chi connectivity index (χ1) is 18.4. The van der Waals surface area contributed by atoms with Crippen molar-refractivity contribution >= 4 is 32.9 Å². The average molecular weight is 577 g/mol. The van der Waals surface area contributed by atoms with E-state index in [9.17, 15) is 14.0 Å². The van der Waals surface area contributed by atoms with Gasteiger partial charge < -0.3 is 24.0 Å². The molecule has 1 saturated heterocycles. The maximum absolute atomic E-state index is 13.7. The molecular formula is C28H22BrFN4O4. The molecule has 0 aliphatic carbocycles. The first-order valence-corrected chi connectivity index (χ1v) is 12.8. The molecule has 2 N–H and O–H groups in total. The van der Waals surface area contributed by atoms with Gasteiger partial charge in [0.1, 0.15) is 17.6 Å². The highest BCUT2D eigenvalue weighted by Crippen LogP contribution is 2.39. The molecule has 2 atom stereocenters. The number of nitrogens with one attached hydrogen (secondary N) is 2. The van der Waals surface area contributed by atoms with E-state index in [4.69, 9.17) is 14.1 Å². The summed E-state index contributed by atoms with van der Waals surface area (Å²) in [6.07, 6.45) is -0.961. The number of halogens is 2. The van der Waals surface area contributed by atoms with Gasteiger partial charge in [-0.1, -0.05) is 22.0 Å². The molecule has 1 aliphatic heterocycles. The fraction of sp³-hybridized carbons (Fsp3) is 0.179. The lowest BCUT2D eigenvalue weighted by molar-refractivity contribution is -0.130. The SMILES string of the molecule is C[C@H]1O[C@@H](c2oc(-c3ccc(Br)cc3)nc2-c2ccc(F)cc2)N(CCc2ccc3[nH]c(=O)[nH]c3c2)C1=O. The van der Waals surface area contributed by atoms with Crippen molar-refractivity contribution in [3.05, 3.63) is 98.8 Å². The number of hydrogen-bond acceptors (Lipinski definition) is 5. The van der Waals surface area contributed by atoms with Gasteiger partial charge in [-0.3, -0.25) is 4.79 Å². The fourth-order valence-electron chi connectivity index (χ4n) is 4.62. The van der Waals surface area contributed by atoms with Crippen LogP contribution in [0, 0.1) is 5.82 Å². The summed E-state index contributed by atoms with van der Waals surface area (Å²) in [5, 5.41) is 0. The molecule has 8 nitrogen and oxygen atoms in total. The second kappa shape index (κ2) is 9.70. The van der Waals surface area contributed by atoms with Crippen LogP contribution in [0.15, 0.2) is 80.4 Å². The molecule has 10 heteroatoms. The zero-order valence-electron chi connectivity index (χ0n) is 20.2. The van der Waals surface area contributed by atoms with Gasteiger partial charge in [0.2, 0.25) is 5.89 Å². The molecule has 0 saturated carbocycles. The number of imidazole rings is 1. The van der Waals surface area contributed by atoms with Crippen LogP contribution in [-0.2, 0) is 16.0 Å². The number of aromatic nitrogens is 3. The Balaban J connectivity index is 1.36. The van der Waals surface area contributed by atoms with Gasteiger partial charge in [-0.25, -0.2) is 14.2 Å². The zero-order chi connectivity index (χ0) is 26.4. The number of oxazole rings is 1. The highest BCUT2D eigenvalue weighted by atomic mass is 79.9. The molecule has 38 heavy (non-hydrogen) atoms. The van der Waals surface area contributed by atoms with Crippen LogP contribution in [-0.4, -0.2) is 38.4 Å². The van der Waals surface area contributed by atoms with Crippen molar-refractivity contribution in [1.82, 2.24) is 19.9 Å². The highest BCUT2D eigenvalue weighted by Gasteiger charge is 2.42. The lowest BCUT2D eigenvalue weighted by Gasteiger charge is -2.22. The highest BCUT2D eigenvalue weighted by molar-refractivity contribution is 9.10. The summed E-state index contributed by atoms with van der Waals surface area (Å²) in [6.45, 7) is 2.06. The molecule has 0 bridgehead atoms. The number of aromatic amines is 2. The number of benzene rings is 3. The fourth-order valence-corrected chi connectivity index (χ4v) is 4.88. The largest absolute Gasteiger partial charge is 0.436 e. The monoisotopic (exact) mass is 576 g/mol. The van der Waals surface area contributed by atoms with E-state index in [0.717, 1.165) is 21.1 Å². The van der Waals surface area contributed by atoms with E-state index in [2.05, 4.69) is 25.9 Å². The van der Waals surface area contributed by atoms with Gasteiger partial charge in [-0.05, 0) is 79.6 Å². The van der Waals surface area contributed by atoms with Crippen LogP contribution in [0.3, 0.4) is 0 Å². The number of H-pyrrole nitrogens is 2. The summed E-state index contributed by atoms with van der Waals surface area (Å²) in [5.41, 5.74) is 3.98. The van der Waals surface area contributed by atoms with Crippen molar-refractivity contribution < 1.29 is 18.3 Å². The number of carbonyl (C=O) groups excluding carboxylic acids is 1. The van der Waals surface area contributed by atoms with Crippen molar-refractivity contribution in [2.45, 2.75) is 25.7 Å². The second-order valence-electron chi connectivity index (χ2n) is 9.12. The second-order valence-corrected chi connectivity index (χ2v) is 10.0. The lowest BCUT2D eigenvalue weighted by Crippen LogP contribution is -2.32. The van der Waals surface area contributed by atoms with Crippen LogP contribution in [0.1, 0.15) is 24.5 Å². The summed E-state index contributed by atoms with van der Waals surface area (Å²) >= 11 is 3.44. The number of amides is 1. The van der Waals surface area contributed by atoms with Crippen LogP contribution in [0.25, 0.3) is 33.7 Å². The Morgan fingerprint density at radius 1 is 0.974 bits per heavy atom. The van der Waals surface area contributed by atoms with E-state index in [1.807, 2.05) is 42.5 Å². The van der Waals surface area contributed by atoms with E-state index in [-0.39, 0.29) is 17.4 Å². The Hall–Kier alpha value is -4.02. The quantitative estimate of drug-likeness (QED) is 0.275. The minimum atomic E-state index is -0.815. The number of rotatable bonds is 6. The number of hydrogen-bond donors (Lipinski definition) is 2. The summed E-state index contributed by atoms with van der Waals surface area (Å²) in [7, 11) is 0. The van der Waals surface area contributed by atoms with Gasteiger partial charge in [0.15, 0.2) is 12.0 Å². The average Bonchev–Trinajstić information content (AvgIpc) is 3.58. The molecule has 0 radical (unpaired) electrons. The molecule has 192 valence electrons. The van der Waals surface area contributed by atoms with Gasteiger partial charge in [0.25, 0.3) is 5.91 Å². The summed E-state index contributed by atoms with van der Waals surface area (Å²) < 4.78 is 27.0. The first kappa shape index (κ1) is 24.3. The maximum Gasteiger partial charge on any atom is 0.323 e. The Morgan fingerprint density at radius 3 is 2.45 bits per heavy atom. The number of fused-ring (bicyclic) bond motifs is 1. The number of nitrogens with zero attached hydrogens (tertiary/aromatic N) is 2. The van der Waals surface area contributed by atoms with Gasteiger partial charge >= 0.3 is 5.69 Å². The van der Waals surface area contributed by atoms with Crippen molar-refractivity contribution in [3.63, 3.8) is 0 Å². The van der Waals surface area contributed by atoms with E-state index in [0.29, 0.717) is 41.4 Å². The summed E-state index contributed by atoms with van der Waals surface area (Å²) in [4.78, 5) is 36.6. The van der Waals surface area contributed by atoms with Gasteiger partial charge in [-0.2, -0.15) is 0 Å².